The Morgan fingerprint density at radius 3 is 2.76 bits per heavy atom. The van der Waals surface area contributed by atoms with Gasteiger partial charge >= 0.3 is 5.97 Å². The van der Waals surface area contributed by atoms with Crippen LogP contribution in [0.2, 0.25) is 5.02 Å². The number of thioether (sulfide) groups is 1. The van der Waals surface area contributed by atoms with E-state index in [1.807, 2.05) is 31.2 Å². The van der Waals surface area contributed by atoms with Crippen LogP contribution in [-0.4, -0.2) is 21.0 Å². The van der Waals surface area contributed by atoms with Crippen molar-refractivity contribution in [2.45, 2.75) is 31.0 Å². The molecule has 1 aromatic carbocycles. The van der Waals surface area contributed by atoms with Crippen LogP contribution in [0.5, 0.6) is 0 Å². The number of hydrogen-bond donors (Lipinski definition) is 1. The van der Waals surface area contributed by atoms with Gasteiger partial charge in [-0.05, 0) is 24.6 Å². The summed E-state index contributed by atoms with van der Waals surface area (Å²) in [4.78, 5) is 20.0. The van der Waals surface area contributed by atoms with Gasteiger partial charge in [0, 0.05) is 17.2 Å². The molecule has 2 rings (SSSR count). The van der Waals surface area contributed by atoms with Gasteiger partial charge < -0.3 is 5.11 Å². The minimum atomic E-state index is -0.997. The molecule has 0 aliphatic heterocycles. The maximum atomic E-state index is 11.4. The van der Waals surface area contributed by atoms with Gasteiger partial charge in [0.25, 0.3) is 0 Å². The molecule has 2 aromatic rings. The van der Waals surface area contributed by atoms with Crippen LogP contribution in [0, 0.1) is 6.92 Å². The summed E-state index contributed by atoms with van der Waals surface area (Å²) >= 11 is 7.34. The lowest BCUT2D eigenvalue weighted by molar-refractivity contribution is 0.0690. The van der Waals surface area contributed by atoms with Crippen LogP contribution in [0.15, 0.2) is 29.3 Å². The number of halogens is 1. The third-order valence-corrected chi connectivity index (χ3v) is 4.18. The van der Waals surface area contributed by atoms with E-state index in [1.165, 1.54) is 11.8 Å². The second-order valence-corrected chi connectivity index (χ2v) is 5.88. The lowest BCUT2D eigenvalue weighted by atomic mass is 10.2. The summed E-state index contributed by atoms with van der Waals surface area (Å²) in [7, 11) is 0. The van der Waals surface area contributed by atoms with Gasteiger partial charge in [0.15, 0.2) is 0 Å². The Balaban J connectivity index is 2.29. The fourth-order valence-electron chi connectivity index (χ4n) is 1.89. The third-order valence-electron chi connectivity index (χ3n) is 2.90. The van der Waals surface area contributed by atoms with Crippen LogP contribution >= 0.6 is 23.4 Å². The van der Waals surface area contributed by atoms with Crippen LogP contribution in [0.1, 0.15) is 34.4 Å². The molecule has 0 aliphatic rings. The van der Waals surface area contributed by atoms with E-state index in [0.29, 0.717) is 33.7 Å². The van der Waals surface area contributed by atoms with Crippen LogP contribution < -0.4 is 0 Å². The number of aromatic carboxylic acids is 1. The molecule has 6 heteroatoms. The number of rotatable bonds is 5. The zero-order chi connectivity index (χ0) is 15.4. The maximum absolute atomic E-state index is 11.4. The number of nitrogens with zero attached hydrogens (tertiary/aromatic N) is 2. The van der Waals surface area contributed by atoms with Crippen molar-refractivity contribution in [1.82, 2.24) is 9.97 Å². The third kappa shape index (κ3) is 3.95. The Morgan fingerprint density at radius 1 is 1.38 bits per heavy atom. The van der Waals surface area contributed by atoms with Gasteiger partial charge in [0.05, 0.1) is 5.69 Å². The lowest BCUT2D eigenvalue weighted by Gasteiger charge is -2.09. The monoisotopic (exact) mass is 322 g/mol. The first-order valence-electron chi connectivity index (χ1n) is 6.49. The molecule has 0 spiro atoms. The average molecular weight is 323 g/mol. The smallest absolute Gasteiger partial charge is 0.340 e. The lowest BCUT2D eigenvalue weighted by Crippen LogP contribution is -2.09. The Morgan fingerprint density at radius 2 is 2.14 bits per heavy atom. The van der Waals surface area contributed by atoms with Gasteiger partial charge in [0.1, 0.15) is 16.4 Å². The van der Waals surface area contributed by atoms with E-state index in [4.69, 9.17) is 11.6 Å². The average Bonchev–Trinajstić information content (AvgIpc) is 2.44. The highest BCUT2D eigenvalue weighted by atomic mass is 35.5. The second-order valence-electron chi connectivity index (χ2n) is 4.48. The summed E-state index contributed by atoms with van der Waals surface area (Å²) in [5, 5.41) is 10.5. The topological polar surface area (TPSA) is 63.1 Å². The first-order chi connectivity index (χ1) is 10.0. The summed E-state index contributed by atoms with van der Waals surface area (Å²) in [6, 6.07) is 7.50. The fourth-order valence-corrected chi connectivity index (χ4v) is 3.13. The number of aromatic nitrogens is 2. The molecular formula is C15H15ClN2O2S. The summed E-state index contributed by atoms with van der Waals surface area (Å²) in [6.07, 6.45) is 0.672. The summed E-state index contributed by atoms with van der Waals surface area (Å²) in [5.41, 5.74) is 1.71. The molecule has 0 radical (unpaired) electrons. The molecule has 21 heavy (non-hydrogen) atoms. The highest BCUT2D eigenvalue weighted by molar-refractivity contribution is 7.98. The van der Waals surface area contributed by atoms with Crippen molar-refractivity contribution in [3.05, 3.63) is 51.9 Å². The molecule has 1 aromatic heterocycles. The van der Waals surface area contributed by atoms with Crippen LogP contribution in [0.4, 0.5) is 0 Å². The van der Waals surface area contributed by atoms with Crippen molar-refractivity contribution in [3.63, 3.8) is 0 Å². The van der Waals surface area contributed by atoms with Crippen molar-refractivity contribution in [3.8, 4) is 0 Å². The molecule has 0 aliphatic carbocycles. The molecule has 1 N–H and O–H groups in total. The summed E-state index contributed by atoms with van der Waals surface area (Å²) in [6.45, 7) is 3.65. The Kier molecular flexibility index (Phi) is 5.20. The van der Waals surface area contributed by atoms with E-state index in [-0.39, 0.29) is 5.56 Å². The van der Waals surface area contributed by atoms with E-state index >= 15 is 0 Å². The van der Waals surface area contributed by atoms with Gasteiger partial charge in [-0.15, -0.1) is 11.8 Å². The number of carbonyl (C=O) groups is 1. The molecule has 0 saturated carbocycles. The van der Waals surface area contributed by atoms with Crippen LogP contribution in [0.3, 0.4) is 0 Å². The number of benzene rings is 1. The first-order valence-corrected chi connectivity index (χ1v) is 7.85. The minimum absolute atomic E-state index is 0.180. The van der Waals surface area contributed by atoms with Gasteiger partial charge in [-0.2, -0.15) is 0 Å². The molecule has 0 saturated heterocycles. The van der Waals surface area contributed by atoms with Gasteiger partial charge in [0.2, 0.25) is 0 Å². The Bertz CT molecular complexity index is 677. The summed E-state index contributed by atoms with van der Waals surface area (Å²) in [5.74, 6) is 0.273. The predicted octanol–water partition coefficient (Wildman–Crippen LogP) is 3.99. The summed E-state index contributed by atoms with van der Waals surface area (Å²) < 4.78 is 0. The number of hydrogen-bond acceptors (Lipinski definition) is 4. The Hall–Kier alpha value is -1.59. The molecule has 0 atom stereocenters. The first kappa shape index (κ1) is 15.8. The molecule has 0 fully saturated rings. The van der Waals surface area contributed by atoms with Crippen molar-refractivity contribution in [2.24, 2.45) is 0 Å². The van der Waals surface area contributed by atoms with Crippen LogP contribution in [-0.2, 0) is 12.2 Å². The van der Waals surface area contributed by atoms with Gasteiger partial charge in [-0.1, -0.05) is 30.7 Å². The quantitative estimate of drug-likeness (QED) is 0.666. The number of carboxylic acids is 1. The maximum Gasteiger partial charge on any atom is 0.340 e. The van der Waals surface area contributed by atoms with E-state index in [9.17, 15) is 9.90 Å². The van der Waals surface area contributed by atoms with Crippen molar-refractivity contribution >= 4 is 29.3 Å². The standard InChI is InChI=1S/C15H15ClN2O2S/c1-3-12-17-9(2)13(15(19)20)14(18-12)21-8-10-5-4-6-11(16)7-10/h4-7H,3,8H2,1-2H3,(H,19,20). The van der Waals surface area contributed by atoms with E-state index in [1.54, 1.807) is 6.92 Å². The van der Waals surface area contributed by atoms with Crippen molar-refractivity contribution in [1.29, 1.82) is 0 Å². The van der Waals surface area contributed by atoms with E-state index in [0.717, 1.165) is 5.56 Å². The molecule has 4 nitrogen and oxygen atoms in total. The molecule has 110 valence electrons. The van der Waals surface area contributed by atoms with Crippen molar-refractivity contribution in [2.75, 3.05) is 0 Å². The highest BCUT2D eigenvalue weighted by Crippen LogP contribution is 2.27. The molecule has 0 amide bonds. The second kappa shape index (κ2) is 6.91. The van der Waals surface area contributed by atoms with Crippen LogP contribution in [0.25, 0.3) is 0 Å². The minimum Gasteiger partial charge on any atom is -0.478 e. The van der Waals surface area contributed by atoms with E-state index < -0.39 is 5.97 Å². The van der Waals surface area contributed by atoms with Gasteiger partial charge in [-0.25, -0.2) is 14.8 Å². The normalized spacial score (nSPS) is 10.6. The largest absolute Gasteiger partial charge is 0.478 e. The van der Waals surface area contributed by atoms with Gasteiger partial charge in [-0.3, -0.25) is 0 Å². The zero-order valence-electron chi connectivity index (χ0n) is 11.8. The SMILES string of the molecule is CCc1nc(C)c(C(=O)O)c(SCc2cccc(Cl)c2)n1. The highest BCUT2D eigenvalue weighted by Gasteiger charge is 2.18. The van der Waals surface area contributed by atoms with E-state index in [2.05, 4.69) is 9.97 Å². The Labute approximate surface area is 132 Å². The number of aryl methyl sites for hydroxylation is 2. The number of carboxylic acid groups (broad SMARTS) is 1. The molecule has 0 unspecified atom stereocenters. The molecular weight excluding hydrogens is 308 g/mol. The molecule has 1 heterocycles. The van der Waals surface area contributed by atoms with Crippen molar-refractivity contribution < 1.29 is 9.90 Å². The zero-order valence-corrected chi connectivity index (χ0v) is 13.3. The fraction of sp³-hybridized carbons (Fsp3) is 0.267. The molecule has 0 bridgehead atoms. The predicted molar refractivity (Wildman–Crippen MR) is 84.1 cm³/mol.